The predicted molar refractivity (Wildman–Crippen MR) is 185 cm³/mol. The Morgan fingerprint density at radius 2 is 0.977 bits per heavy atom. The molecule has 1 aromatic heterocycles. The summed E-state index contributed by atoms with van der Waals surface area (Å²) in [5.41, 5.74) is 9.68. The first-order valence-electron chi connectivity index (χ1n) is 14.9. The van der Waals surface area contributed by atoms with Crippen LogP contribution in [0.1, 0.15) is 0 Å². The first kappa shape index (κ1) is 25.2. The number of hydrogen-bond donors (Lipinski definition) is 0. The summed E-state index contributed by atoms with van der Waals surface area (Å²) in [6.07, 6.45) is 0. The minimum absolute atomic E-state index is 0.870. The van der Waals surface area contributed by atoms with Crippen molar-refractivity contribution in [2.45, 2.75) is 9.79 Å². The van der Waals surface area contributed by atoms with E-state index < -0.39 is 0 Å². The fraction of sp³-hybridized carbons (Fsp3) is 0. The Bertz CT molecular complexity index is 2340. The average Bonchev–Trinajstić information content (AvgIpc) is 3.59. The maximum Gasteiger partial charge on any atom is 0.135 e. The summed E-state index contributed by atoms with van der Waals surface area (Å²) in [5, 5.41) is 5.05. The standard InChI is InChI=1S/C42H26OS/c1-2-9-27(10-3-1)31-14-6-11-30-12-7-15-32(41(30)31)28-19-21-29(22-20-28)37-24-25-38(43-37)33-23-26-40-42-35(33)16-8-17-36(42)34-13-4-5-18-39(34)44-40/h1-26H. The molecule has 0 N–H and O–H groups in total. The summed E-state index contributed by atoms with van der Waals surface area (Å²) in [7, 11) is 0. The Kier molecular flexibility index (Phi) is 5.82. The minimum atomic E-state index is 0.870. The molecule has 0 fully saturated rings. The molecule has 0 aliphatic carbocycles. The molecule has 0 amide bonds. The Hall–Kier alpha value is -5.31. The molecule has 44 heavy (non-hydrogen) atoms. The van der Waals surface area contributed by atoms with Crippen LogP contribution < -0.4 is 0 Å². The normalized spacial score (nSPS) is 12.0. The molecule has 9 rings (SSSR count). The third-order valence-electron chi connectivity index (χ3n) is 8.74. The molecular formula is C42H26OS. The number of benzene rings is 7. The monoisotopic (exact) mass is 578 g/mol. The van der Waals surface area contributed by atoms with Gasteiger partial charge in [0.15, 0.2) is 0 Å². The summed E-state index contributed by atoms with van der Waals surface area (Å²) in [6.45, 7) is 0. The second-order valence-electron chi connectivity index (χ2n) is 11.3. The Morgan fingerprint density at radius 1 is 0.341 bits per heavy atom. The topological polar surface area (TPSA) is 13.1 Å². The lowest BCUT2D eigenvalue weighted by Crippen LogP contribution is -1.93. The molecule has 0 unspecified atom stereocenters. The molecule has 0 radical (unpaired) electrons. The highest BCUT2D eigenvalue weighted by molar-refractivity contribution is 7.99. The number of hydrogen-bond acceptors (Lipinski definition) is 2. The number of fused-ring (bicyclic) bond motifs is 3. The van der Waals surface area contributed by atoms with Crippen LogP contribution in [0.3, 0.4) is 0 Å². The molecular weight excluding hydrogens is 553 g/mol. The maximum atomic E-state index is 6.55. The van der Waals surface area contributed by atoms with Gasteiger partial charge >= 0.3 is 0 Å². The summed E-state index contributed by atoms with van der Waals surface area (Å²) >= 11 is 1.85. The summed E-state index contributed by atoms with van der Waals surface area (Å²) < 4.78 is 6.55. The van der Waals surface area contributed by atoms with Gasteiger partial charge in [0.2, 0.25) is 0 Å². The highest BCUT2D eigenvalue weighted by Crippen LogP contribution is 2.49. The largest absolute Gasteiger partial charge is 0.456 e. The smallest absolute Gasteiger partial charge is 0.135 e. The van der Waals surface area contributed by atoms with Crippen molar-refractivity contribution >= 4 is 33.3 Å². The molecule has 8 aromatic rings. The third kappa shape index (κ3) is 4.03. The van der Waals surface area contributed by atoms with E-state index in [1.807, 2.05) is 11.8 Å². The van der Waals surface area contributed by atoms with Gasteiger partial charge in [-0.05, 0) is 79.9 Å². The molecule has 0 saturated heterocycles. The molecule has 0 bridgehead atoms. The van der Waals surface area contributed by atoms with E-state index >= 15 is 0 Å². The lowest BCUT2D eigenvalue weighted by atomic mass is 9.91. The van der Waals surface area contributed by atoms with E-state index in [1.54, 1.807) is 0 Å². The van der Waals surface area contributed by atoms with Crippen molar-refractivity contribution in [1.29, 1.82) is 0 Å². The number of rotatable bonds is 4. The average molecular weight is 579 g/mol. The molecule has 206 valence electrons. The zero-order valence-electron chi connectivity index (χ0n) is 23.8. The molecule has 1 aliphatic heterocycles. The SMILES string of the molecule is c1ccc(-c2cccc3cccc(-c4ccc(-c5ccc(-c6ccc7c8c(cccc68)-c6ccccc6S7)o5)cc4)c23)cc1. The van der Waals surface area contributed by atoms with E-state index in [0.717, 1.165) is 22.6 Å². The Balaban J connectivity index is 1.09. The second-order valence-corrected chi connectivity index (χ2v) is 12.3. The first-order valence-corrected chi connectivity index (χ1v) is 15.7. The van der Waals surface area contributed by atoms with Gasteiger partial charge in [0, 0.05) is 26.3 Å². The van der Waals surface area contributed by atoms with Crippen LogP contribution in [0.5, 0.6) is 0 Å². The van der Waals surface area contributed by atoms with Gasteiger partial charge in [-0.2, -0.15) is 0 Å². The third-order valence-corrected chi connectivity index (χ3v) is 9.88. The van der Waals surface area contributed by atoms with Gasteiger partial charge in [-0.1, -0.05) is 139 Å². The lowest BCUT2D eigenvalue weighted by molar-refractivity contribution is 0.598. The van der Waals surface area contributed by atoms with Crippen molar-refractivity contribution in [3.05, 3.63) is 158 Å². The first-order chi connectivity index (χ1) is 21.8. The van der Waals surface area contributed by atoms with Crippen LogP contribution in [0.2, 0.25) is 0 Å². The zero-order valence-corrected chi connectivity index (χ0v) is 24.6. The molecule has 1 nitrogen and oxygen atoms in total. The van der Waals surface area contributed by atoms with Crippen LogP contribution in [-0.2, 0) is 0 Å². The van der Waals surface area contributed by atoms with Crippen LogP contribution in [0.15, 0.2) is 172 Å². The van der Waals surface area contributed by atoms with Crippen LogP contribution in [0.25, 0.3) is 77.6 Å². The van der Waals surface area contributed by atoms with E-state index in [0.29, 0.717) is 0 Å². The van der Waals surface area contributed by atoms with Gasteiger partial charge in [0.1, 0.15) is 11.5 Å². The van der Waals surface area contributed by atoms with Crippen LogP contribution in [0.4, 0.5) is 0 Å². The summed E-state index contributed by atoms with van der Waals surface area (Å²) in [6, 6.07) is 56.5. The molecule has 0 atom stereocenters. The van der Waals surface area contributed by atoms with Gasteiger partial charge in [-0.15, -0.1) is 0 Å². The zero-order chi connectivity index (χ0) is 29.0. The van der Waals surface area contributed by atoms with Crippen molar-refractivity contribution in [3.8, 4) is 56.0 Å². The van der Waals surface area contributed by atoms with E-state index in [-0.39, 0.29) is 0 Å². The summed E-state index contributed by atoms with van der Waals surface area (Å²) in [4.78, 5) is 2.60. The predicted octanol–water partition coefficient (Wildman–Crippen LogP) is 12.4. The highest BCUT2D eigenvalue weighted by atomic mass is 32.2. The maximum absolute atomic E-state index is 6.55. The van der Waals surface area contributed by atoms with E-state index in [1.165, 1.54) is 64.7 Å². The van der Waals surface area contributed by atoms with Gasteiger partial charge in [0.05, 0.1) is 0 Å². The molecule has 1 aliphatic rings. The molecule has 7 aromatic carbocycles. The highest BCUT2D eigenvalue weighted by Gasteiger charge is 2.21. The fourth-order valence-electron chi connectivity index (χ4n) is 6.69. The molecule has 2 heterocycles. The van der Waals surface area contributed by atoms with Gasteiger partial charge in [0.25, 0.3) is 0 Å². The Labute approximate surface area is 260 Å². The van der Waals surface area contributed by atoms with Crippen LogP contribution in [0, 0.1) is 0 Å². The fourth-order valence-corrected chi connectivity index (χ4v) is 7.82. The van der Waals surface area contributed by atoms with Crippen molar-refractivity contribution in [2.24, 2.45) is 0 Å². The number of furan rings is 1. The molecule has 2 heteroatoms. The lowest BCUT2D eigenvalue weighted by Gasteiger charge is -2.21. The molecule has 0 saturated carbocycles. The van der Waals surface area contributed by atoms with E-state index in [2.05, 4.69) is 158 Å². The minimum Gasteiger partial charge on any atom is -0.456 e. The van der Waals surface area contributed by atoms with Gasteiger partial charge in [-0.3, -0.25) is 0 Å². The van der Waals surface area contributed by atoms with Crippen molar-refractivity contribution in [2.75, 3.05) is 0 Å². The van der Waals surface area contributed by atoms with Gasteiger partial charge in [-0.25, -0.2) is 0 Å². The summed E-state index contributed by atoms with van der Waals surface area (Å²) in [5.74, 6) is 1.76. The van der Waals surface area contributed by atoms with Crippen LogP contribution in [-0.4, -0.2) is 0 Å². The van der Waals surface area contributed by atoms with E-state index in [4.69, 9.17) is 4.42 Å². The quantitative estimate of drug-likeness (QED) is 0.206. The van der Waals surface area contributed by atoms with Crippen molar-refractivity contribution in [3.63, 3.8) is 0 Å². The Morgan fingerprint density at radius 3 is 1.80 bits per heavy atom. The molecule has 0 spiro atoms. The van der Waals surface area contributed by atoms with Gasteiger partial charge < -0.3 is 4.42 Å². The van der Waals surface area contributed by atoms with Crippen molar-refractivity contribution < 1.29 is 4.42 Å². The second kappa shape index (κ2) is 10.2. The van der Waals surface area contributed by atoms with Crippen LogP contribution >= 0.6 is 11.8 Å². The van der Waals surface area contributed by atoms with E-state index in [9.17, 15) is 0 Å². The van der Waals surface area contributed by atoms with Crippen molar-refractivity contribution in [1.82, 2.24) is 0 Å².